The van der Waals surface area contributed by atoms with Gasteiger partial charge in [0.1, 0.15) is 18.2 Å². The molecule has 0 saturated carbocycles. The molecule has 4 atom stereocenters. The van der Waals surface area contributed by atoms with Gasteiger partial charge in [-0.2, -0.15) is 4.98 Å². The molecule has 0 bridgehead atoms. The summed E-state index contributed by atoms with van der Waals surface area (Å²) in [5, 5.41) is 0.0194. The van der Waals surface area contributed by atoms with Crippen molar-refractivity contribution in [2.45, 2.75) is 49.7 Å². The van der Waals surface area contributed by atoms with Crippen molar-refractivity contribution in [3.8, 4) is 0 Å². The first-order chi connectivity index (χ1) is 14.2. The molecule has 2 unspecified atom stereocenters. The number of rotatable bonds is 6. The van der Waals surface area contributed by atoms with Crippen LogP contribution in [-0.2, 0) is 37.8 Å². The molecule has 0 spiro atoms. The van der Waals surface area contributed by atoms with E-state index in [9.17, 15) is 14.4 Å². The highest BCUT2D eigenvalue weighted by atomic mass is 127. The van der Waals surface area contributed by atoms with E-state index in [2.05, 4.69) is 37.5 Å². The molecule has 0 aromatic carbocycles. The van der Waals surface area contributed by atoms with Crippen LogP contribution in [0.5, 0.6) is 0 Å². The Morgan fingerprint density at radius 2 is 1.80 bits per heavy atom. The fourth-order valence-electron chi connectivity index (χ4n) is 3.14. The Labute approximate surface area is 189 Å². The molecule has 1 saturated heterocycles. The number of fused-ring (bicyclic) bond motifs is 1. The van der Waals surface area contributed by atoms with Gasteiger partial charge >= 0.3 is 17.9 Å². The van der Waals surface area contributed by atoms with Gasteiger partial charge in [-0.25, -0.2) is 9.97 Å². The molecule has 1 fully saturated rings. The number of nitrogens with zero attached hydrogens (tertiary/aromatic N) is 4. The zero-order valence-electron chi connectivity index (χ0n) is 16.2. The van der Waals surface area contributed by atoms with E-state index in [1.165, 1.54) is 31.7 Å². The highest BCUT2D eigenvalue weighted by Crippen LogP contribution is 2.36. The Hall–Kier alpha value is -2.06. The van der Waals surface area contributed by atoms with Crippen LogP contribution in [0, 0.1) is 0 Å². The van der Waals surface area contributed by atoms with Crippen molar-refractivity contribution >= 4 is 63.3 Å². The first-order valence-electron chi connectivity index (χ1n) is 8.79. The fourth-order valence-corrected chi connectivity index (χ4v) is 3.86. The molecule has 2 aromatic heterocycles. The van der Waals surface area contributed by atoms with E-state index in [1.807, 2.05) is 0 Å². The van der Waals surface area contributed by atoms with Crippen molar-refractivity contribution in [2.24, 2.45) is 0 Å². The number of carbonyl (C=O) groups excluding carboxylic acids is 3. The molecular formula is C17H18ClIN4O7. The largest absolute Gasteiger partial charge is 0.463 e. The van der Waals surface area contributed by atoms with E-state index in [4.69, 9.17) is 30.5 Å². The SMILES string of the molecule is CC(=O)OC[C@H]1OC(n2cnc3c(CI)nc(Cl)nc32)C(OC(C)=O)[C@H]1OC(C)=O. The number of alkyl halides is 1. The number of imidazole rings is 1. The molecule has 0 amide bonds. The van der Waals surface area contributed by atoms with Crippen LogP contribution in [0.2, 0.25) is 5.28 Å². The normalized spacial score (nSPS) is 23.4. The van der Waals surface area contributed by atoms with Gasteiger partial charge in [-0.05, 0) is 11.6 Å². The van der Waals surface area contributed by atoms with Crippen molar-refractivity contribution in [1.29, 1.82) is 0 Å². The minimum Gasteiger partial charge on any atom is -0.463 e. The lowest BCUT2D eigenvalue weighted by Crippen LogP contribution is -2.40. The molecular weight excluding hydrogens is 535 g/mol. The zero-order valence-corrected chi connectivity index (χ0v) is 19.1. The van der Waals surface area contributed by atoms with Crippen molar-refractivity contribution in [2.75, 3.05) is 6.61 Å². The monoisotopic (exact) mass is 552 g/mol. The highest BCUT2D eigenvalue weighted by molar-refractivity contribution is 14.1. The summed E-state index contributed by atoms with van der Waals surface area (Å²) in [4.78, 5) is 47.4. The van der Waals surface area contributed by atoms with Crippen LogP contribution >= 0.6 is 34.2 Å². The minimum atomic E-state index is -1.04. The number of carbonyl (C=O) groups is 3. The van der Waals surface area contributed by atoms with Crippen LogP contribution in [0.1, 0.15) is 32.7 Å². The van der Waals surface area contributed by atoms with Crippen LogP contribution in [0.3, 0.4) is 0 Å². The summed E-state index contributed by atoms with van der Waals surface area (Å²) in [5.74, 6) is -1.75. The third-order valence-corrected chi connectivity index (χ3v) is 5.10. The second-order valence-corrected chi connectivity index (χ2v) is 7.51. The van der Waals surface area contributed by atoms with Gasteiger partial charge in [0.05, 0.1) is 12.0 Å². The van der Waals surface area contributed by atoms with Gasteiger partial charge in [0.2, 0.25) is 5.28 Å². The van der Waals surface area contributed by atoms with Crippen LogP contribution in [0.15, 0.2) is 6.33 Å². The maximum Gasteiger partial charge on any atom is 0.303 e. The summed E-state index contributed by atoms with van der Waals surface area (Å²) in [7, 11) is 0. The van der Waals surface area contributed by atoms with Gasteiger partial charge in [-0.1, -0.05) is 22.6 Å². The van der Waals surface area contributed by atoms with E-state index in [-0.39, 0.29) is 11.9 Å². The molecule has 2 aromatic rings. The lowest BCUT2D eigenvalue weighted by Gasteiger charge is -2.23. The average Bonchev–Trinajstić information content (AvgIpc) is 3.20. The number of ether oxygens (including phenoxy) is 4. The van der Waals surface area contributed by atoms with E-state index in [0.29, 0.717) is 21.3 Å². The van der Waals surface area contributed by atoms with Gasteiger partial charge in [0.15, 0.2) is 24.1 Å². The first-order valence-corrected chi connectivity index (χ1v) is 10.7. The van der Waals surface area contributed by atoms with E-state index < -0.39 is 42.4 Å². The van der Waals surface area contributed by atoms with Crippen molar-refractivity contribution < 1.29 is 33.3 Å². The van der Waals surface area contributed by atoms with Crippen LogP contribution < -0.4 is 0 Å². The zero-order chi connectivity index (χ0) is 22.0. The molecule has 0 N–H and O–H groups in total. The standard InChI is InChI=1S/C17H18ClIN4O7/c1-7(24)27-5-11-13(28-8(2)25)14(29-9(3)26)16(30-11)23-6-20-12-10(4-19)21-17(18)22-15(12)23/h6,11,13-14,16H,4-5H2,1-3H3/t11-,13+,14?,16?/m1/s1. The van der Waals surface area contributed by atoms with Gasteiger partial charge in [-0.3, -0.25) is 19.0 Å². The average molecular weight is 553 g/mol. The molecule has 1 aliphatic rings. The highest BCUT2D eigenvalue weighted by Gasteiger charge is 2.51. The molecule has 11 nitrogen and oxygen atoms in total. The van der Waals surface area contributed by atoms with Gasteiger partial charge in [0.25, 0.3) is 0 Å². The van der Waals surface area contributed by atoms with Gasteiger partial charge in [-0.15, -0.1) is 0 Å². The van der Waals surface area contributed by atoms with Crippen LogP contribution in [0.25, 0.3) is 11.2 Å². The van der Waals surface area contributed by atoms with Gasteiger partial charge in [0, 0.05) is 25.2 Å². The quantitative estimate of drug-likeness (QED) is 0.172. The molecule has 162 valence electrons. The smallest absolute Gasteiger partial charge is 0.303 e. The summed E-state index contributed by atoms with van der Waals surface area (Å²) in [6.45, 7) is 3.47. The number of aromatic nitrogens is 4. The molecule has 3 rings (SSSR count). The molecule has 0 aliphatic carbocycles. The number of halogens is 2. The topological polar surface area (TPSA) is 132 Å². The van der Waals surface area contributed by atoms with E-state index >= 15 is 0 Å². The summed E-state index contributed by atoms with van der Waals surface area (Å²) in [5.41, 5.74) is 1.49. The maximum absolute atomic E-state index is 11.8. The Bertz CT molecular complexity index is 984. The Morgan fingerprint density at radius 3 is 2.40 bits per heavy atom. The van der Waals surface area contributed by atoms with Crippen molar-refractivity contribution in [1.82, 2.24) is 19.5 Å². The number of esters is 3. The summed E-state index contributed by atoms with van der Waals surface area (Å²) in [6.07, 6.45) is -2.45. The lowest BCUT2D eigenvalue weighted by atomic mass is 10.1. The number of hydrogen-bond acceptors (Lipinski definition) is 10. The first kappa shape index (κ1) is 22.6. The van der Waals surface area contributed by atoms with Crippen molar-refractivity contribution in [3.05, 3.63) is 17.3 Å². The minimum absolute atomic E-state index is 0.0194. The molecule has 30 heavy (non-hydrogen) atoms. The summed E-state index contributed by atoms with van der Waals surface area (Å²) in [6, 6.07) is 0. The molecule has 1 aliphatic heterocycles. The van der Waals surface area contributed by atoms with Crippen molar-refractivity contribution in [3.63, 3.8) is 0 Å². The van der Waals surface area contributed by atoms with E-state index in [0.717, 1.165) is 0 Å². The maximum atomic E-state index is 11.8. The van der Waals surface area contributed by atoms with Crippen LogP contribution in [-0.4, -0.2) is 62.3 Å². The third-order valence-electron chi connectivity index (χ3n) is 4.21. The second kappa shape index (κ2) is 9.39. The molecule has 0 radical (unpaired) electrons. The number of hydrogen-bond donors (Lipinski definition) is 0. The Morgan fingerprint density at radius 1 is 1.13 bits per heavy atom. The summed E-state index contributed by atoms with van der Waals surface area (Å²) < 4.78 is 23.9. The van der Waals surface area contributed by atoms with E-state index in [1.54, 1.807) is 0 Å². The molecule has 3 heterocycles. The predicted molar refractivity (Wildman–Crippen MR) is 110 cm³/mol. The predicted octanol–water partition coefficient (Wildman–Crippen LogP) is 1.74. The molecule has 13 heteroatoms. The third kappa shape index (κ3) is 4.81. The Kier molecular flexibility index (Phi) is 7.08. The lowest BCUT2D eigenvalue weighted by molar-refractivity contribution is -0.166. The van der Waals surface area contributed by atoms with Gasteiger partial charge < -0.3 is 18.9 Å². The summed E-state index contributed by atoms with van der Waals surface area (Å²) >= 11 is 8.18. The Balaban J connectivity index is 2.05. The second-order valence-electron chi connectivity index (χ2n) is 6.41. The van der Waals surface area contributed by atoms with Crippen LogP contribution in [0.4, 0.5) is 0 Å². The fraction of sp³-hybridized carbons (Fsp3) is 0.529.